The fraction of sp³-hybridized carbons (Fsp3) is 0. The van der Waals surface area contributed by atoms with Gasteiger partial charge in [-0.05, 0) is 41.6 Å². The zero-order valence-electron chi connectivity index (χ0n) is 14.5. The van der Waals surface area contributed by atoms with Gasteiger partial charge in [0.2, 0.25) is 0 Å². The first kappa shape index (κ1) is 21.7. The van der Waals surface area contributed by atoms with Crippen molar-refractivity contribution < 1.29 is 9.85 Å². The lowest BCUT2D eigenvalue weighted by Crippen LogP contribution is -1.88. The van der Waals surface area contributed by atoms with Crippen LogP contribution in [0.1, 0.15) is 0 Å². The van der Waals surface area contributed by atoms with Gasteiger partial charge in [0.15, 0.2) is 0 Å². The normalized spacial score (nSPS) is 9.00. The lowest BCUT2D eigenvalue weighted by molar-refractivity contribution is -0.385. The van der Waals surface area contributed by atoms with Crippen molar-refractivity contribution in [3.63, 3.8) is 0 Å². The molecule has 0 spiro atoms. The number of nitro groups is 2. The number of hydrogen-bond acceptors (Lipinski definition) is 8. The average molecular weight is 383 g/mol. The summed E-state index contributed by atoms with van der Waals surface area (Å²) >= 11 is 0. The van der Waals surface area contributed by atoms with E-state index in [1.54, 1.807) is 42.5 Å². The van der Waals surface area contributed by atoms with Crippen LogP contribution in [0.2, 0.25) is 0 Å². The summed E-state index contributed by atoms with van der Waals surface area (Å²) in [7, 11) is 0. The van der Waals surface area contributed by atoms with E-state index in [9.17, 15) is 25.1 Å². The van der Waals surface area contributed by atoms with Gasteiger partial charge in [0.05, 0.1) is 9.85 Å². The van der Waals surface area contributed by atoms with E-state index in [0.717, 1.165) is 0 Å². The van der Waals surface area contributed by atoms with E-state index in [2.05, 4.69) is 5.18 Å². The van der Waals surface area contributed by atoms with Crippen LogP contribution in [0.25, 0.3) is 0 Å². The Labute approximate surface area is 159 Å². The van der Waals surface area contributed by atoms with E-state index < -0.39 is 9.85 Å². The minimum absolute atomic E-state index is 0.0641. The van der Waals surface area contributed by atoms with Crippen LogP contribution in [0.4, 0.5) is 28.4 Å². The zero-order valence-corrected chi connectivity index (χ0v) is 14.5. The Morgan fingerprint density at radius 2 is 1.04 bits per heavy atom. The summed E-state index contributed by atoms with van der Waals surface area (Å²) in [6.07, 6.45) is 0. The van der Waals surface area contributed by atoms with Crippen LogP contribution in [0, 0.1) is 25.1 Å². The molecule has 0 atom stereocenters. The lowest BCUT2D eigenvalue weighted by atomic mass is 10.3. The zero-order chi connectivity index (χ0) is 20.9. The van der Waals surface area contributed by atoms with Crippen LogP contribution in [-0.2, 0) is 0 Å². The molecule has 3 rings (SSSR count). The number of non-ortho nitro benzene ring substituents is 2. The second kappa shape index (κ2) is 11.3. The Morgan fingerprint density at radius 1 is 0.643 bits per heavy atom. The van der Waals surface area contributed by atoms with Gasteiger partial charge < -0.3 is 11.5 Å². The molecule has 0 aromatic heterocycles. The third-order valence-corrected chi connectivity index (χ3v) is 3.07. The number of nitrogens with two attached hydrogens (primary N) is 2. The Bertz CT molecular complexity index is 900. The molecular weight excluding hydrogens is 366 g/mol. The van der Waals surface area contributed by atoms with E-state index in [-0.39, 0.29) is 11.4 Å². The number of nitroso groups, excluding NO2 is 1. The molecule has 10 heteroatoms. The molecule has 0 aliphatic heterocycles. The van der Waals surface area contributed by atoms with Crippen LogP contribution < -0.4 is 11.5 Å². The minimum Gasteiger partial charge on any atom is -0.399 e. The maximum absolute atomic E-state index is 10.1. The van der Waals surface area contributed by atoms with Crippen molar-refractivity contribution in [2.24, 2.45) is 5.18 Å². The standard InChI is InChI=1S/C6H6N2O2.C6H6N2O.C6H5NO2/c7-5-1-3-6(4-2-5)8(9)10;7-5-1-3-6(8-9)4-2-5;8-7(9)6-4-2-1-3-5-6/h1-4H,7H2;1-4H,7H2;1-5H. The first-order valence-corrected chi connectivity index (χ1v) is 7.71. The second-order valence-electron chi connectivity index (χ2n) is 5.12. The van der Waals surface area contributed by atoms with Gasteiger partial charge in [-0.3, -0.25) is 20.2 Å². The molecule has 0 heterocycles. The minimum atomic E-state index is -0.459. The monoisotopic (exact) mass is 383 g/mol. The third kappa shape index (κ3) is 8.16. The summed E-state index contributed by atoms with van der Waals surface area (Å²) in [5.41, 5.74) is 12.4. The number of nitro benzene ring substituents is 2. The molecule has 3 aromatic carbocycles. The predicted molar refractivity (Wildman–Crippen MR) is 107 cm³/mol. The summed E-state index contributed by atoms with van der Waals surface area (Å²) in [6, 6.07) is 20.1. The predicted octanol–water partition coefficient (Wildman–Crippen LogP) is 4.44. The molecule has 0 saturated carbocycles. The van der Waals surface area contributed by atoms with Crippen LogP contribution in [-0.4, -0.2) is 9.85 Å². The number of nitrogens with zero attached hydrogens (tertiary/aromatic N) is 3. The van der Waals surface area contributed by atoms with E-state index in [0.29, 0.717) is 17.1 Å². The molecule has 28 heavy (non-hydrogen) atoms. The lowest BCUT2D eigenvalue weighted by Gasteiger charge is -1.90. The van der Waals surface area contributed by atoms with Gasteiger partial charge in [0, 0.05) is 35.6 Å². The summed E-state index contributed by atoms with van der Waals surface area (Å²) in [5.74, 6) is 0. The molecule has 144 valence electrons. The molecule has 3 aromatic rings. The molecule has 0 aliphatic rings. The molecule has 4 N–H and O–H groups in total. The van der Waals surface area contributed by atoms with E-state index >= 15 is 0 Å². The van der Waals surface area contributed by atoms with Crippen molar-refractivity contribution in [3.05, 3.63) is 104 Å². The maximum Gasteiger partial charge on any atom is 0.269 e. The van der Waals surface area contributed by atoms with Gasteiger partial charge in [-0.2, -0.15) is 0 Å². The highest BCUT2D eigenvalue weighted by Crippen LogP contribution is 2.13. The van der Waals surface area contributed by atoms with Gasteiger partial charge in [0.25, 0.3) is 11.4 Å². The topological polar surface area (TPSA) is 168 Å². The molecule has 0 unspecified atom stereocenters. The number of para-hydroxylation sites is 1. The van der Waals surface area contributed by atoms with Crippen LogP contribution in [0.15, 0.2) is 84.0 Å². The fourth-order valence-corrected chi connectivity index (χ4v) is 1.68. The van der Waals surface area contributed by atoms with E-state index in [1.165, 1.54) is 36.4 Å². The quantitative estimate of drug-likeness (QED) is 0.291. The highest BCUT2D eigenvalue weighted by Gasteiger charge is 2.01. The number of rotatable bonds is 3. The van der Waals surface area contributed by atoms with Crippen molar-refractivity contribution in [1.82, 2.24) is 0 Å². The fourth-order valence-electron chi connectivity index (χ4n) is 1.68. The van der Waals surface area contributed by atoms with Crippen LogP contribution >= 0.6 is 0 Å². The second-order valence-corrected chi connectivity index (χ2v) is 5.12. The molecule has 0 radical (unpaired) electrons. The van der Waals surface area contributed by atoms with E-state index in [4.69, 9.17) is 11.5 Å². The Kier molecular flexibility index (Phi) is 8.77. The smallest absolute Gasteiger partial charge is 0.269 e. The van der Waals surface area contributed by atoms with Crippen molar-refractivity contribution in [3.8, 4) is 0 Å². The van der Waals surface area contributed by atoms with Gasteiger partial charge in [-0.1, -0.05) is 18.2 Å². The van der Waals surface area contributed by atoms with Crippen molar-refractivity contribution in [2.75, 3.05) is 11.5 Å². The highest BCUT2D eigenvalue weighted by molar-refractivity contribution is 5.47. The van der Waals surface area contributed by atoms with Crippen molar-refractivity contribution >= 4 is 28.4 Å². The molecule has 10 nitrogen and oxygen atoms in total. The van der Waals surface area contributed by atoms with Crippen molar-refractivity contribution in [2.45, 2.75) is 0 Å². The first-order valence-electron chi connectivity index (χ1n) is 7.71. The summed E-state index contributed by atoms with van der Waals surface area (Å²) in [6.45, 7) is 0. The summed E-state index contributed by atoms with van der Waals surface area (Å²) in [5, 5.41) is 22.8. The van der Waals surface area contributed by atoms with Gasteiger partial charge in [-0.15, -0.1) is 4.91 Å². The molecule has 0 aliphatic carbocycles. The SMILES string of the molecule is Nc1ccc(N=O)cc1.Nc1ccc([N+](=O)[O-])cc1.O=[N+]([O-])c1ccccc1. The van der Waals surface area contributed by atoms with Gasteiger partial charge >= 0.3 is 0 Å². The Balaban J connectivity index is 0.000000210. The first-order chi connectivity index (χ1) is 13.3. The third-order valence-electron chi connectivity index (χ3n) is 3.07. The molecule has 0 saturated heterocycles. The molecule has 0 bridgehead atoms. The largest absolute Gasteiger partial charge is 0.399 e. The number of benzene rings is 3. The Hall–Kier alpha value is -4.34. The molecule has 0 amide bonds. The summed E-state index contributed by atoms with van der Waals surface area (Å²) in [4.78, 5) is 29.0. The van der Waals surface area contributed by atoms with E-state index in [1.807, 2.05) is 0 Å². The van der Waals surface area contributed by atoms with Crippen LogP contribution in [0.5, 0.6) is 0 Å². The number of anilines is 2. The molecular formula is C18H17N5O5. The molecule has 0 fully saturated rings. The average Bonchev–Trinajstić information content (AvgIpc) is 2.70. The number of hydrogen-bond donors (Lipinski definition) is 2. The maximum atomic E-state index is 10.1. The van der Waals surface area contributed by atoms with Crippen LogP contribution in [0.3, 0.4) is 0 Å². The van der Waals surface area contributed by atoms with Gasteiger partial charge in [0.1, 0.15) is 5.69 Å². The summed E-state index contributed by atoms with van der Waals surface area (Å²) < 4.78 is 0. The van der Waals surface area contributed by atoms with Gasteiger partial charge in [-0.25, -0.2) is 0 Å². The Morgan fingerprint density at radius 3 is 1.39 bits per heavy atom. The number of nitrogen functional groups attached to an aromatic ring is 2. The highest BCUT2D eigenvalue weighted by atomic mass is 16.6. The van der Waals surface area contributed by atoms with Crippen molar-refractivity contribution in [1.29, 1.82) is 0 Å².